The van der Waals surface area contributed by atoms with Crippen molar-refractivity contribution in [2.24, 2.45) is 0 Å². The van der Waals surface area contributed by atoms with E-state index < -0.39 is 5.60 Å². The molecular weight excluding hydrogens is 716 g/mol. The molecule has 0 atom stereocenters. The minimum atomic E-state index is -0.752. The Morgan fingerprint density at radius 1 is 0.250 bits per heavy atom. The molecule has 4 aromatic carbocycles. The Kier molecular flexibility index (Phi) is 24.4. The largest absolute Gasteiger partial charge is 0.491 e. The summed E-state index contributed by atoms with van der Waals surface area (Å²) < 4.78 is 62.5. The zero-order valence-corrected chi connectivity index (χ0v) is 32.7. The fourth-order valence-corrected chi connectivity index (χ4v) is 5.62. The fourth-order valence-electron chi connectivity index (χ4n) is 5.62. The molecule has 0 N–H and O–H groups in total. The van der Waals surface area contributed by atoms with Crippen LogP contribution in [0.2, 0.25) is 0 Å². The first-order valence-electron chi connectivity index (χ1n) is 19.6. The third-order valence-electron chi connectivity index (χ3n) is 8.30. The lowest BCUT2D eigenvalue weighted by molar-refractivity contribution is -0.0399. The van der Waals surface area contributed by atoms with Crippen molar-refractivity contribution in [3.8, 4) is 5.75 Å². The van der Waals surface area contributed by atoms with Crippen molar-refractivity contribution < 1.29 is 52.1 Å². The monoisotopic (exact) mass is 776 g/mol. The molecule has 56 heavy (non-hydrogen) atoms. The second kappa shape index (κ2) is 30.4. The lowest BCUT2D eigenvalue weighted by Gasteiger charge is -2.36. The first-order chi connectivity index (χ1) is 27.9. The Balaban J connectivity index is 0.871. The number of hydrogen-bond donors (Lipinski definition) is 0. The summed E-state index contributed by atoms with van der Waals surface area (Å²) in [4.78, 5) is 0. The summed E-state index contributed by atoms with van der Waals surface area (Å²) in [5.74, 6) is 0.843. The van der Waals surface area contributed by atoms with Crippen LogP contribution in [0.4, 0.5) is 0 Å². The number of para-hydroxylation sites is 1. The van der Waals surface area contributed by atoms with Crippen molar-refractivity contribution in [3.05, 3.63) is 138 Å². The molecule has 0 unspecified atom stereocenters. The third-order valence-corrected chi connectivity index (χ3v) is 8.30. The highest BCUT2D eigenvalue weighted by Gasteiger charge is 2.37. The van der Waals surface area contributed by atoms with Gasteiger partial charge in [0, 0.05) is 0 Å². The molecule has 0 radical (unpaired) electrons. The van der Waals surface area contributed by atoms with Gasteiger partial charge in [0.05, 0.1) is 126 Å². The maximum atomic E-state index is 6.73. The fraction of sp³-hybridized carbons (Fsp3) is 0.467. The minimum absolute atomic E-state index is 0.416. The Morgan fingerprint density at radius 3 is 0.768 bits per heavy atom. The minimum Gasteiger partial charge on any atom is -0.491 e. The molecule has 0 fully saturated rings. The van der Waals surface area contributed by atoms with Gasteiger partial charge in [0.1, 0.15) is 18.0 Å². The standard InChI is InChI=1S/C45H60O11/c1-5-13-41(14-6-1)45(42-15-7-2-8-16-42,43-17-9-3-10-18-43)56-40-38-54-36-34-52-32-30-50-28-26-48-24-22-46-21-23-47-25-27-49-29-31-51-33-35-53-37-39-55-44-19-11-4-12-20-44/h1-20H,21-40H2. The van der Waals surface area contributed by atoms with Crippen LogP contribution in [0.25, 0.3) is 0 Å². The summed E-state index contributed by atoms with van der Waals surface area (Å²) in [6, 6.07) is 40.7. The summed E-state index contributed by atoms with van der Waals surface area (Å²) in [6.45, 7) is 9.92. The van der Waals surface area contributed by atoms with Gasteiger partial charge in [-0.1, -0.05) is 109 Å². The van der Waals surface area contributed by atoms with Gasteiger partial charge >= 0.3 is 0 Å². The number of ether oxygens (including phenoxy) is 11. The van der Waals surface area contributed by atoms with E-state index in [1.165, 1.54) is 0 Å². The second-order valence-corrected chi connectivity index (χ2v) is 12.3. The third kappa shape index (κ3) is 18.5. The van der Waals surface area contributed by atoms with Gasteiger partial charge in [0.15, 0.2) is 0 Å². The first-order valence-corrected chi connectivity index (χ1v) is 19.6. The predicted octanol–water partition coefficient (Wildman–Crippen LogP) is 6.22. The Morgan fingerprint density at radius 2 is 0.482 bits per heavy atom. The van der Waals surface area contributed by atoms with E-state index in [0.29, 0.717) is 132 Å². The van der Waals surface area contributed by atoms with E-state index in [4.69, 9.17) is 52.1 Å². The molecule has 0 aliphatic carbocycles. The van der Waals surface area contributed by atoms with Crippen LogP contribution in [-0.2, 0) is 53.0 Å². The topological polar surface area (TPSA) is 102 Å². The van der Waals surface area contributed by atoms with Crippen LogP contribution in [0.15, 0.2) is 121 Å². The van der Waals surface area contributed by atoms with Crippen molar-refractivity contribution in [1.29, 1.82) is 0 Å². The predicted molar refractivity (Wildman–Crippen MR) is 214 cm³/mol. The molecular formula is C45H60O11. The van der Waals surface area contributed by atoms with Gasteiger partial charge in [-0.15, -0.1) is 0 Å². The van der Waals surface area contributed by atoms with Gasteiger partial charge < -0.3 is 52.1 Å². The van der Waals surface area contributed by atoms with Crippen LogP contribution in [0.3, 0.4) is 0 Å². The van der Waals surface area contributed by atoms with Crippen LogP contribution in [0.1, 0.15) is 16.7 Å². The van der Waals surface area contributed by atoms with Gasteiger partial charge in [-0.05, 0) is 28.8 Å². The molecule has 306 valence electrons. The van der Waals surface area contributed by atoms with E-state index >= 15 is 0 Å². The van der Waals surface area contributed by atoms with Crippen LogP contribution in [-0.4, -0.2) is 132 Å². The lowest BCUT2D eigenvalue weighted by Crippen LogP contribution is -2.34. The molecule has 11 heteroatoms. The molecule has 0 saturated carbocycles. The van der Waals surface area contributed by atoms with Crippen molar-refractivity contribution >= 4 is 0 Å². The second-order valence-electron chi connectivity index (χ2n) is 12.3. The van der Waals surface area contributed by atoms with E-state index in [-0.39, 0.29) is 0 Å². The van der Waals surface area contributed by atoms with Gasteiger partial charge in [-0.2, -0.15) is 0 Å². The van der Waals surface area contributed by atoms with Crippen LogP contribution >= 0.6 is 0 Å². The highest BCUT2D eigenvalue weighted by atomic mass is 16.6. The quantitative estimate of drug-likeness (QED) is 0.0393. The van der Waals surface area contributed by atoms with E-state index in [2.05, 4.69) is 36.4 Å². The zero-order chi connectivity index (χ0) is 38.9. The molecule has 0 aliphatic heterocycles. The van der Waals surface area contributed by atoms with Crippen molar-refractivity contribution in [3.63, 3.8) is 0 Å². The van der Waals surface area contributed by atoms with Crippen molar-refractivity contribution in [1.82, 2.24) is 0 Å². The summed E-state index contributed by atoms with van der Waals surface area (Å²) in [5, 5.41) is 0. The summed E-state index contributed by atoms with van der Waals surface area (Å²) in [6.07, 6.45) is 0. The normalized spacial score (nSPS) is 11.6. The molecule has 4 rings (SSSR count). The highest BCUT2D eigenvalue weighted by Crippen LogP contribution is 2.40. The van der Waals surface area contributed by atoms with Gasteiger partial charge in [-0.3, -0.25) is 0 Å². The molecule has 11 nitrogen and oxygen atoms in total. The maximum Gasteiger partial charge on any atom is 0.143 e. The average molecular weight is 777 g/mol. The molecule has 0 bridgehead atoms. The average Bonchev–Trinajstić information content (AvgIpc) is 3.25. The SMILES string of the molecule is c1ccc(OCCOCCOCCOCCOCCOCCOCCOCCOCCOCCOC(c2ccccc2)(c2ccccc2)c2ccccc2)cc1. The van der Waals surface area contributed by atoms with Gasteiger partial charge in [0.25, 0.3) is 0 Å². The van der Waals surface area contributed by atoms with Crippen molar-refractivity contribution in [2.45, 2.75) is 5.60 Å². The molecule has 0 saturated heterocycles. The lowest BCUT2D eigenvalue weighted by atomic mass is 9.80. The van der Waals surface area contributed by atoms with Crippen molar-refractivity contribution in [2.75, 3.05) is 132 Å². The number of rotatable bonds is 35. The Hall–Kier alpha value is -3.72. The maximum absolute atomic E-state index is 6.73. The molecule has 4 aromatic rings. The highest BCUT2D eigenvalue weighted by molar-refractivity contribution is 5.47. The molecule has 0 heterocycles. The molecule has 0 spiro atoms. The van der Waals surface area contributed by atoms with E-state index in [0.717, 1.165) is 22.4 Å². The molecule has 0 aromatic heterocycles. The Labute approximate surface area is 333 Å². The Bertz CT molecular complexity index is 1350. The first kappa shape index (κ1) is 45.0. The van der Waals surface area contributed by atoms with Gasteiger partial charge in [0.2, 0.25) is 0 Å². The zero-order valence-electron chi connectivity index (χ0n) is 32.7. The molecule has 0 amide bonds. The van der Waals surface area contributed by atoms with E-state index in [9.17, 15) is 0 Å². The summed E-state index contributed by atoms with van der Waals surface area (Å²) >= 11 is 0. The smallest absolute Gasteiger partial charge is 0.143 e. The van der Waals surface area contributed by atoms with E-state index in [1.54, 1.807) is 0 Å². The summed E-state index contributed by atoms with van der Waals surface area (Å²) in [5.41, 5.74) is 2.45. The van der Waals surface area contributed by atoms with Crippen LogP contribution in [0, 0.1) is 0 Å². The summed E-state index contributed by atoms with van der Waals surface area (Å²) in [7, 11) is 0. The van der Waals surface area contributed by atoms with Crippen LogP contribution < -0.4 is 4.74 Å². The molecule has 0 aliphatic rings. The number of benzene rings is 4. The van der Waals surface area contributed by atoms with Gasteiger partial charge in [-0.25, -0.2) is 0 Å². The number of hydrogen-bond acceptors (Lipinski definition) is 11. The van der Waals surface area contributed by atoms with E-state index in [1.807, 2.05) is 84.9 Å². The van der Waals surface area contributed by atoms with Crippen LogP contribution in [0.5, 0.6) is 5.75 Å².